The van der Waals surface area contributed by atoms with Crippen LogP contribution in [-0.4, -0.2) is 35.3 Å². The molecule has 1 aromatic carbocycles. The number of halogens is 4. The molecule has 6 nitrogen and oxygen atoms in total. The number of benzene rings is 1. The third-order valence-corrected chi connectivity index (χ3v) is 2.49. The molecule has 21 heavy (non-hydrogen) atoms. The third kappa shape index (κ3) is 4.58. The van der Waals surface area contributed by atoms with E-state index in [-0.39, 0.29) is 10.5 Å². The van der Waals surface area contributed by atoms with Crippen LogP contribution in [0.4, 0.5) is 28.9 Å². The van der Waals surface area contributed by atoms with Crippen molar-refractivity contribution in [3.8, 4) is 0 Å². The number of carbonyl (C=O) groups is 1. The van der Waals surface area contributed by atoms with Crippen molar-refractivity contribution in [2.24, 2.45) is 0 Å². The van der Waals surface area contributed by atoms with Gasteiger partial charge in [0.25, 0.3) is 5.69 Å². The molecule has 0 amide bonds. The number of rotatable bonds is 5. The Labute approximate surface area is 115 Å². The number of hydrogen-bond donors (Lipinski definition) is 1. The summed E-state index contributed by atoms with van der Waals surface area (Å²) in [7, 11) is 0. The summed E-state index contributed by atoms with van der Waals surface area (Å²) in [5, 5.41) is 19.5. The summed E-state index contributed by atoms with van der Waals surface area (Å²) in [6.07, 6.45) is -4.77. The molecule has 0 saturated heterocycles. The standard InChI is InChI=1S/C11H10F4N2O4/c1-6-2-8(9(17(20)21)3-7(6)12)16(4-10(18)19)5-11(13,14)15/h2-3H,4-5H2,1H3,(H,18,19). The molecule has 0 aromatic heterocycles. The summed E-state index contributed by atoms with van der Waals surface area (Å²) in [6.45, 7) is -1.61. The Kier molecular flexibility index (Phi) is 4.71. The van der Waals surface area contributed by atoms with E-state index in [4.69, 9.17) is 5.11 Å². The number of nitrogens with zero attached hydrogens (tertiary/aromatic N) is 2. The number of aliphatic carboxylic acids is 1. The highest BCUT2D eigenvalue weighted by molar-refractivity contribution is 5.76. The Morgan fingerprint density at radius 1 is 1.43 bits per heavy atom. The maximum atomic E-state index is 13.3. The van der Waals surface area contributed by atoms with Crippen LogP contribution in [0.2, 0.25) is 0 Å². The molecule has 0 saturated carbocycles. The Bertz CT molecular complexity index is 574. The zero-order valence-electron chi connectivity index (χ0n) is 10.6. The molecule has 0 spiro atoms. The first-order valence-electron chi connectivity index (χ1n) is 5.49. The summed E-state index contributed by atoms with van der Waals surface area (Å²) in [4.78, 5) is 20.7. The lowest BCUT2D eigenvalue weighted by Crippen LogP contribution is -2.38. The average Bonchev–Trinajstić information content (AvgIpc) is 2.28. The lowest BCUT2D eigenvalue weighted by Gasteiger charge is -2.24. The van der Waals surface area contributed by atoms with Crippen LogP contribution in [0.1, 0.15) is 5.56 Å². The van der Waals surface area contributed by atoms with Crippen molar-refractivity contribution in [1.29, 1.82) is 0 Å². The summed E-state index contributed by atoms with van der Waals surface area (Å²) >= 11 is 0. The van der Waals surface area contributed by atoms with E-state index < -0.39 is 47.4 Å². The number of nitro groups is 1. The lowest BCUT2D eigenvalue weighted by molar-refractivity contribution is -0.384. The third-order valence-electron chi connectivity index (χ3n) is 2.49. The topological polar surface area (TPSA) is 83.7 Å². The number of anilines is 1. The molecule has 10 heteroatoms. The Morgan fingerprint density at radius 3 is 2.43 bits per heavy atom. The SMILES string of the molecule is Cc1cc(N(CC(=O)O)CC(F)(F)F)c([N+](=O)[O-])cc1F. The second-order valence-corrected chi connectivity index (χ2v) is 4.21. The Morgan fingerprint density at radius 2 is 2.00 bits per heavy atom. The molecular weight excluding hydrogens is 300 g/mol. The van der Waals surface area contributed by atoms with Crippen LogP contribution in [0.15, 0.2) is 12.1 Å². The van der Waals surface area contributed by atoms with Crippen molar-refractivity contribution in [1.82, 2.24) is 0 Å². The Balaban J connectivity index is 3.38. The van der Waals surface area contributed by atoms with E-state index >= 15 is 0 Å². The first-order chi connectivity index (χ1) is 9.51. The predicted molar refractivity (Wildman–Crippen MR) is 63.7 cm³/mol. The van der Waals surface area contributed by atoms with Gasteiger partial charge in [-0.25, -0.2) is 4.39 Å². The average molecular weight is 310 g/mol. The van der Waals surface area contributed by atoms with E-state index in [1.54, 1.807) is 0 Å². The highest BCUT2D eigenvalue weighted by atomic mass is 19.4. The molecule has 0 fully saturated rings. The van der Waals surface area contributed by atoms with E-state index in [9.17, 15) is 32.5 Å². The van der Waals surface area contributed by atoms with Gasteiger partial charge in [0, 0.05) is 0 Å². The number of carboxylic acids is 1. The molecule has 0 bridgehead atoms. The van der Waals surface area contributed by atoms with E-state index in [2.05, 4.69) is 0 Å². The summed E-state index contributed by atoms with van der Waals surface area (Å²) in [5.74, 6) is -2.57. The molecular formula is C11H10F4N2O4. The molecule has 0 aliphatic rings. The lowest BCUT2D eigenvalue weighted by atomic mass is 10.1. The molecule has 0 aliphatic heterocycles. The smallest absolute Gasteiger partial charge is 0.405 e. The first-order valence-corrected chi connectivity index (χ1v) is 5.49. The van der Waals surface area contributed by atoms with Crippen molar-refractivity contribution >= 4 is 17.3 Å². The van der Waals surface area contributed by atoms with Crippen molar-refractivity contribution in [2.45, 2.75) is 13.1 Å². The van der Waals surface area contributed by atoms with E-state index in [0.717, 1.165) is 6.07 Å². The number of alkyl halides is 3. The van der Waals surface area contributed by atoms with Gasteiger partial charge in [-0.3, -0.25) is 14.9 Å². The van der Waals surface area contributed by atoms with Gasteiger partial charge in [-0.05, 0) is 18.6 Å². The van der Waals surface area contributed by atoms with Crippen molar-refractivity contribution in [3.63, 3.8) is 0 Å². The predicted octanol–water partition coefficient (Wildman–Crippen LogP) is 2.50. The maximum Gasteiger partial charge on any atom is 0.405 e. The highest BCUT2D eigenvalue weighted by Crippen LogP contribution is 2.32. The van der Waals surface area contributed by atoms with Gasteiger partial charge in [0.05, 0.1) is 11.0 Å². The second kappa shape index (κ2) is 5.94. The second-order valence-electron chi connectivity index (χ2n) is 4.21. The normalized spacial score (nSPS) is 11.3. The number of hydrogen-bond acceptors (Lipinski definition) is 4. The van der Waals surface area contributed by atoms with Gasteiger partial charge in [-0.2, -0.15) is 13.2 Å². The zero-order chi connectivity index (χ0) is 16.4. The highest BCUT2D eigenvalue weighted by Gasteiger charge is 2.34. The molecule has 1 aromatic rings. The fourth-order valence-electron chi connectivity index (χ4n) is 1.66. The van der Waals surface area contributed by atoms with Crippen molar-refractivity contribution in [3.05, 3.63) is 33.6 Å². The molecule has 0 atom stereocenters. The number of carboxylic acid groups (broad SMARTS) is 1. The van der Waals surface area contributed by atoms with Gasteiger partial charge < -0.3 is 10.0 Å². The van der Waals surface area contributed by atoms with Gasteiger partial charge in [0.1, 0.15) is 24.6 Å². The van der Waals surface area contributed by atoms with Crippen LogP contribution in [0.5, 0.6) is 0 Å². The van der Waals surface area contributed by atoms with Gasteiger partial charge in [-0.15, -0.1) is 0 Å². The minimum absolute atomic E-state index is 0.131. The van der Waals surface area contributed by atoms with Crippen molar-refractivity contribution in [2.75, 3.05) is 18.0 Å². The van der Waals surface area contributed by atoms with Crippen LogP contribution in [0, 0.1) is 22.9 Å². The van der Waals surface area contributed by atoms with Crippen LogP contribution in [0.25, 0.3) is 0 Å². The summed E-state index contributed by atoms with van der Waals surface area (Å²) in [5.41, 5.74) is -1.66. The van der Waals surface area contributed by atoms with Crippen LogP contribution in [0.3, 0.4) is 0 Å². The molecule has 0 unspecified atom stereocenters. The van der Waals surface area contributed by atoms with E-state index in [1.807, 2.05) is 0 Å². The molecule has 0 heterocycles. The van der Waals surface area contributed by atoms with Gasteiger partial charge >= 0.3 is 12.1 Å². The van der Waals surface area contributed by atoms with Crippen molar-refractivity contribution < 1.29 is 32.4 Å². The molecule has 1 N–H and O–H groups in total. The van der Waals surface area contributed by atoms with Gasteiger partial charge in [-0.1, -0.05) is 0 Å². The minimum atomic E-state index is -4.77. The van der Waals surface area contributed by atoms with Crippen LogP contribution in [-0.2, 0) is 4.79 Å². The largest absolute Gasteiger partial charge is 0.480 e. The van der Waals surface area contributed by atoms with E-state index in [1.165, 1.54) is 6.92 Å². The molecule has 0 radical (unpaired) electrons. The molecule has 1 rings (SSSR count). The number of aryl methyl sites for hydroxylation is 1. The fourth-order valence-corrected chi connectivity index (χ4v) is 1.66. The maximum absolute atomic E-state index is 13.3. The Hall–Kier alpha value is -2.39. The minimum Gasteiger partial charge on any atom is -0.480 e. The van der Waals surface area contributed by atoms with Gasteiger partial charge in [0.15, 0.2) is 0 Å². The van der Waals surface area contributed by atoms with Gasteiger partial charge in [0.2, 0.25) is 0 Å². The monoisotopic (exact) mass is 310 g/mol. The summed E-state index contributed by atoms with van der Waals surface area (Å²) < 4.78 is 50.7. The first kappa shape index (κ1) is 16.7. The molecule has 0 aliphatic carbocycles. The van der Waals surface area contributed by atoms with E-state index in [0.29, 0.717) is 6.07 Å². The number of nitro benzene ring substituents is 1. The fraction of sp³-hybridized carbons (Fsp3) is 0.364. The zero-order valence-corrected chi connectivity index (χ0v) is 10.6. The quantitative estimate of drug-likeness (QED) is 0.513. The summed E-state index contributed by atoms with van der Waals surface area (Å²) in [6, 6.07) is 1.29. The molecule has 116 valence electrons. The van der Waals surface area contributed by atoms with Crippen LogP contribution >= 0.6 is 0 Å². The van der Waals surface area contributed by atoms with Crippen LogP contribution < -0.4 is 4.90 Å².